The van der Waals surface area contributed by atoms with Crippen LogP contribution in [0.1, 0.15) is 61.8 Å². The highest BCUT2D eigenvalue weighted by Crippen LogP contribution is 2.32. The Kier molecular flexibility index (Phi) is 23.0. The summed E-state index contributed by atoms with van der Waals surface area (Å²) in [5.41, 5.74) is 0. The van der Waals surface area contributed by atoms with Gasteiger partial charge in [0, 0.05) is 18.5 Å². The minimum absolute atomic E-state index is 0.0994. The van der Waals surface area contributed by atoms with Crippen molar-refractivity contribution in [2.24, 2.45) is 17.8 Å². The van der Waals surface area contributed by atoms with Crippen molar-refractivity contribution in [2.45, 2.75) is 178 Å². The first-order valence-corrected chi connectivity index (χ1v) is 18.8. The van der Waals surface area contributed by atoms with E-state index in [2.05, 4.69) is 5.32 Å². The largest absolute Gasteiger partial charge is 0.394 e. The molecule has 0 aromatic carbocycles. The molecular formula is C35H71NO18. The van der Waals surface area contributed by atoms with E-state index in [0.29, 0.717) is 6.42 Å². The molecule has 0 bridgehead atoms. The smallest absolute Gasteiger partial charge is 0.187 e. The average Bonchev–Trinajstić information content (AvgIpc) is 3.14. The number of ether oxygens (including phenoxy) is 4. The second kappa shape index (κ2) is 24.2. The molecule has 3 aliphatic rings. The topological polar surface area (TPSA) is 332 Å². The van der Waals surface area contributed by atoms with Crippen molar-refractivity contribution in [3.05, 3.63) is 0 Å². The summed E-state index contributed by atoms with van der Waals surface area (Å²) in [6, 6.07) is 0.145. The Morgan fingerprint density at radius 2 is 1.06 bits per heavy atom. The van der Waals surface area contributed by atoms with Gasteiger partial charge in [0.05, 0.1) is 56.4 Å². The molecule has 19 heteroatoms. The van der Waals surface area contributed by atoms with Gasteiger partial charge < -0.3 is 95.8 Å². The van der Waals surface area contributed by atoms with Crippen LogP contribution in [0, 0.1) is 17.8 Å². The van der Waals surface area contributed by atoms with Crippen molar-refractivity contribution in [3.63, 3.8) is 0 Å². The third kappa shape index (κ3) is 14.0. The van der Waals surface area contributed by atoms with E-state index in [4.69, 9.17) is 29.2 Å². The summed E-state index contributed by atoms with van der Waals surface area (Å²) in [6.07, 6.45) is -19.0. The van der Waals surface area contributed by atoms with Crippen LogP contribution in [0.25, 0.3) is 0 Å². The van der Waals surface area contributed by atoms with Crippen LogP contribution < -0.4 is 5.32 Å². The lowest BCUT2D eigenvalue weighted by Gasteiger charge is -2.47. The van der Waals surface area contributed by atoms with Crippen LogP contribution in [0.4, 0.5) is 0 Å². The van der Waals surface area contributed by atoms with Crippen molar-refractivity contribution in [1.29, 1.82) is 0 Å². The summed E-state index contributed by atoms with van der Waals surface area (Å²) in [5.74, 6) is -0.490. The van der Waals surface area contributed by atoms with Crippen LogP contribution in [0.2, 0.25) is 0 Å². The fourth-order valence-corrected chi connectivity index (χ4v) is 6.29. The van der Waals surface area contributed by atoms with Gasteiger partial charge in [-0.25, -0.2) is 0 Å². The van der Waals surface area contributed by atoms with E-state index in [9.17, 15) is 61.3 Å². The van der Waals surface area contributed by atoms with Crippen LogP contribution in [0.15, 0.2) is 0 Å². The molecule has 0 aromatic rings. The van der Waals surface area contributed by atoms with Crippen molar-refractivity contribution in [1.82, 2.24) is 5.32 Å². The number of aliphatic hydroxyl groups is 14. The first-order chi connectivity index (χ1) is 25.1. The fourth-order valence-electron chi connectivity index (χ4n) is 6.29. The van der Waals surface area contributed by atoms with Gasteiger partial charge in [-0.05, 0) is 18.3 Å². The van der Waals surface area contributed by atoms with Crippen LogP contribution in [0.3, 0.4) is 0 Å². The first-order valence-electron chi connectivity index (χ1n) is 18.8. The third-order valence-corrected chi connectivity index (χ3v) is 9.96. The maximum atomic E-state index is 10.4. The van der Waals surface area contributed by atoms with Gasteiger partial charge >= 0.3 is 0 Å². The summed E-state index contributed by atoms with van der Waals surface area (Å²) in [4.78, 5) is 0. The van der Waals surface area contributed by atoms with Gasteiger partial charge in [0.2, 0.25) is 0 Å². The van der Waals surface area contributed by atoms with Gasteiger partial charge in [-0.3, -0.25) is 0 Å². The Hall–Kier alpha value is -0.760. The van der Waals surface area contributed by atoms with Gasteiger partial charge in [-0.15, -0.1) is 0 Å². The van der Waals surface area contributed by atoms with E-state index >= 15 is 0 Å². The Morgan fingerprint density at radius 1 is 0.574 bits per heavy atom. The predicted molar refractivity (Wildman–Crippen MR) is 190 cm³/mol. The molecule has 0 spiro atoms. The van der Waals surface area contributed by atoms with Crippen LogP contribution >= 0.6 is 0 Å². The number of nitrogens with one attached hydrogen (secondary N) is 1. The lowest BCUT2D eigenvalue weighted by atomic mass is 9.88. The highest BCUT2D eigenvalue weighted by molar-refractivity contribution is 4.96. The number of hydrogen-bond acceptors (Lipinski definition) is 19. The van der Waals surface area contributed by atoms with E-state index in [-0.39, 0.29) is 37.1 Å². The van der Waals surface area contributed by atoms with E-state index in [1.807, 2.05) is 48.5 Å². The second-order valence-corrected chi connectivity index (χ2v) is 15.3. The van der Waals surface area contributed by atoms with Crippen LogP contribution in [-0.2, 0) is 18.9 Å². The molecule has 0 saturated carbocycles. The summed E-state index contributed by atoms with van der Waals surface area (Å²) in [7, 11) is 0. The molecule has 54 heavy (non-hydrogen) atoms. The molecule has 0 unspecified atom stereocenters. The summed E-state index contributed by atoms with van der Waals surface area (Å²) in [5, 5.41) is 137. The van der Waals surface area contributed by atoms with Gasteiger partial charge in [-0.1, -0.05) is 55.4 Å². The lowest BCUT2D eigenvalue weighted by Crippen LogP contribution is -2.63. The van der Waals surface area contributed by atoms with Crippen molar-refractivity contribution >= 4 is 0 Å². The zero-order valence-corrected chi connectivity index (χ0v) is 32.6. The van der Waals surface area contributed by atoms with E-state index in [1.165, 1.54) is 0 Å². The Labute approximate surface area is 317 Å². The summed E-state index contributed by atoms with van der Waals surface area (Å²) in [6.45, 7) is 13.3. The average molecular weight is 794 g/mol. The maximum Gasteiger partial charge on any atom is 0.187 e. The maximum absolute atomic E-state index is 10.4. The molecule has 324 valence electrons. The molecule has 19 nitrogen and oxygen atoms in total. The highest BCUT2D eigenvalue weighted by atomic mass is 16.7. The molecular weight excluding hydrogens is 722 g/mol. The molecule has 3 rings (SSSR count). The standard InChI is InChI=1S/C16H30O9.C10H20O4.C9H21NO5/c1-6(2)14-11(20)12(21)15(9(5-18)23-14)25-16-13(22)10(19)7(3)8(4-17)24-16;1-4-6-7(11)8(12)9(13)10(14-6)5(2)3;1-5(2)10-3-6(12)8(14)9(15)7(13)4-11/h6-22H,4-5H2,1-3H3;5-13H,4H2,1-3H3;5-15H,3-4H2,1-2H3/t7-,8-,9-,10+,11-,12-,13-,14-,15-,16-;6-,7+,8+,9-,10+;6-,7+,8+,9+/m110/s1. The molecule has 3 heterocycles. The molecule has 0 radical (unpaired) electrons. The van der Waals surface area contributed by atoms with Gasteiger partial charge in [0.25, 0.3) is 0 Å². The first kappa shape index (κ1) is 51.3. The monoisotopic (exact) mass is 793 g/mol. The zero-order chi connectivity index (χ0) is 41.8. The molecule has 15 N–H and O–H groups in total. The van der Waals surface area contributed by atoms with Crippen LogP contribution in [0.5, 0.6) is 0 Å². The molecule has 3 saturated heterocycles. The molecule has 0 aliphatic carbocycles. The predicted octanol–water partition coefficient (Wildman–Crippen LogP) is -5.09. The number of aliphatic hydroxyl groups excluding tert-OH is 14. The molecule has 19 atom stereocenters. The Balaban J connectivity index is 0.000000433. The molecule has 3 fully saturated rings. The SMILES string of the molecule is CC(C)NC[C@H](O)[C@@H](O)[C@H](O)[C@H](O)CO.CC(C)[C@H]1O[C@H](CO)[C@@H](O[C@H]2O[C@H](CO)[C@@H](C)[C@H](O)[C@H]2O)[C@H](O)[C@H]1O.CC[C@H]1O[C@@H](C(C)C)[C@H](O)[C@@H](O)[C@H]1O. The second-order valence-electron chi connectivity index (χ2n) is 15.3. The summed E-state index contributed by atoms with van der Waals surface area (Å²) >= 11 is 0. The fraction of sp³-hybridized carbons (Fsp3) is 1.00. The van der Waals surface area contributed by atoms with Crippen LogP contribution in [-0.4, -0.2) is 214 Å². The number of hydrogen-bond donors (Lipinski definition) is 15. The normalized spacial score (nSPS) is 39.6. The number of rotatable bonds is 14. The van der Waals surface area contributed by atoms with Gasteiger partial charge in [-0.2, -0.15) is 0 Å². The molecule has 3 aliphatic heterocycles. The van der Waals surface area contributed by atoms with E-state index < -0.39 is 123 Å². The van der Waals surface area contributed by atoms with Gasteiger partial charge in [0.1, 0.15) is 67.1 Å². The quantitative estimate of drug-likeness (QED) is 0.0782. The van der Waals surface area contributed by atoms with Crippen molar-refractivity contribution < 1.29 is 90.4 Å². The lowest BCUT2D eigenvalue weighted by molar-refractivity contribution is -0.337. The Bertz CT molecular complexity index is 994. The zero-order valence-electron chi connectivity index (χ0n) is 32.6. The van der Waals surface area contributed by atoms with Gasteiger partial charge in [0.15, 0.2) is 6.29 Å². The van der Waals surface area contributed by atoms with Crippen molar-refractivity contribution in [3.8, 4) is 0 Å². The van der Waals surface area contributed by atoms with E-state index in [1.54, 1.807) is 6.92 Å². The third-order valence-electron chi connectivity index (χ3n) is 9.96. The van der Waals surface area contributed by atoms with E-state index in [0.717, 1.165) is 0 Å². The molecule has 0 amide bonds. The minimum Gasteiger partial charge on any atom is -0.394 e. The summed E-state index contributed by atoms with van der Waals surface area (Å²) < 4.78 is 22.2. The highest BCUT2D eigenvalue weighted by Gasteiger charge is 2.50. The van der Waals surface area contributed by atoms with Crippen molar-refractivity contribution in [2.75, 3.05) is 26.4 Å². The Morgan fingerprint density at radius 3 is 1.50 bits per heavy atom. The molecule has 0 aromatic heterocycles. The minimum atomic E-state index is -1.56.